The van der Waals surface area contributed by atoms with Gasteiger partial charge < -0.3 is 5.32 Å². The van der Waals surface area contributed by atoms with Crippen LogP contribution in [0.1, 0.15) is 5.56 Å². The van der Waals surface area contributed by atoms with Crippen molar-refractivity contribution in [3.63, 3.8) is 0 Å². The van der Waals surface area contributed by atoms with E-state index in [1.54, 1.807) is 25.1 Å². The van der Waals surface area contributed by atoms with Gasteiger partial charge in [-0.1, -0.05) is 24.3 Å². The molecule has 0 spiro atoms. The fraction of sp³-hybridized carbons (Fsp3) is 0.0556. The molecule has 0 aliphatic rings. The Morgan fingerprint density at radius 3 is 2.23 bits per heavy atom. The Morgan fingerprint density at radius 2 is 1.62 bits per heavy atom. The Hall–Kier alpha value is -3.00. The molecule has 8 heteroatoms. The van der Waals surface area contributed by atoms with Crippen LogP contribution in [0.3, 0.4) is 0 Å². The van der Waals surface area contributed by atoms with E-state index in [0.717, 1.165) is 12.1 Å². The van der Waals surface area contributed by atoms with Crippen LogP contribution in [0.5, 0.6) is 0 Å². The number of aromatic nitrogens is 1. The van der Waals surface area contributed by atoms with Crippen molar-refractivity contribution in [3.05, 3.63) is 78.0 Å². The van der Waals surface area contributed by atoms with Gasteiger partial charge in [0.15, 0.2) is 0 Å². The molecule has 5 nitrogen and oxygen atoms in total. The summed E-state index contributed by atoms with van der Waals surface area (Å²) >= 11 is 0. The standard InChI is InChI=1S/C18H15F2N3O2S/c1-12-5-2-3-8-16(12)26(24,25)23-17-10-9-13(11-21-17)22-18-14(19)6-4-7-15(18)20/h2-11,22H,1H3,(H,21,23). The van der Waals surface area contributed by atoms with Crippen LogP contribution in [-0.4, -0.2) is 13.4 Å². The maximum atomic E-state index is 13.6. The van der Waals surface area contributed by atoms with Gasteiger partial charge in [-0.05, 0) is 42.8 Å². The summed E-state index contributed by atoms with van der Waals surface area (Å²) in [6.45, 7) is 1.69. The average molecular weight is 375 g/mol. The van der Waals surface area contributed by atoms with Crippen molar-refractivity contribution in [3.8, 4) is 0 Å². The first-order valence-electron chi connectivity index (χ1n) is 7.62. The normalized spacial score (nSPS) is 11.2. The van der Waals surface area contributed by atoms with Crippen molar-refractivity contribution < 1.29 is 17.2 Å². The first-order valence-corrected chi connectivity index (χ1v) is 9.11. The van der Waals surface area contributed by atoms with Crippen LogP contribution in [0.25, 0.3) is 0 Å². The van der Waals surface area contributed by atoms with E-state index < -0.39 is 21.7 Å². The first-order chi connectivity index (χ1) is 12.4. The van der Waals surface area contributed by atoms with Gasteiger partial charge in [0.25, 0.3) is 10.0 Å². The number of pyridine rings is 1. The lowest BCUT2D eigenvalue weighted by Gasteiger charge is -2.11. The molecule has 0 fully saturated rings. The van der Waals surface area contributed by atoms with E-state index in [9.17, 15) is 17.2 Å². The van der Waals surface area contributed by atoms with Crippen LogP contribution in [-0.2, 0) is 10.0 Å². The molecule has 2 N–H and O–H groups in total. The number of halogens is 2. The lowest BCUT2D eigenvalue weighted by atomic mass is 10.2. The molecule has 0 saturated heterocycles. The third-order valence-corrected chi connectivity index (χ3v) is 5.13. The summed E-state index contributed by atoms with van der Waals surface area (Å²) < 4.78 is 54.5. The molecular formula is C18H15F2N3O2S. The predicted molar refractivity (Wildman–Crippen MR) is 95.9 cm³/mol. The third kappa shape index (κ3) is 3.80. The molecule has 3 aromatic rings. The Kier molecular flexibility index (Phi) is 4.85. The van der Waals surface area contributed by atoms with Gasteiger partial charge in [0.1, 0.15) is 23.1 Å². The van der Waals surface area contributed by atoms with Crippen LogP contribution >= 0.6 is 0 Å². The summed E-state index contributed by atoms with van der Waals surface area (Å²) in [6, 6.07) is 12.9. The van der Waals surface area contributed by atoms with E-state index in [2.05, 4.69) is 15.0 Å². The van der Waals surface area contributed by atoms with Crippen LogP contribution in [0, 0.1) is 18.6 Å². The number of nitrogens with one attached hydrogen (secondary N) is 2. The van der Waals surface area contributed by atoms with Crippen molar-refractivity contribution in [1.82, 2.24) is 4.98 Å². The van der Waals surface area contributed by atoms with Crippen molar-refractivity contribution in [1.29, 1.82) is 0 Å². The molecule has 0 amide bonds. The number of nitrogens with zero attached hydrogens (tertiary/aromatic N) is 1. The summed E-state index contributed by atoms with van der Waals surface area (Å²) in [4.78, 5) is 4.13. The number of anilines is 3. The minimum absolute atomic E-state index is 0.0906. The van der Waals surface area contributed by atoms with E-state index >= 15 is 0 Å². The number of sulfonamides is 1. The molecular weight excluding hydrogens is 360 g/mol. The summed E-state index contributed by atoms with van der Waals surface area (Å²) in [7, 11) is -3.78. The number of aryl methyl sites for hydroxylation is 1. The van der Waals surface area contributed by atoms with Gasteiger partial charge in [0.05, 0.1) is 16.8 Å². The highest BCUT2D eigenvalue weighted by Crippen LogP contribution is 2.24. The predicted octanol–water partition coefficient (Wildman–Crippen LogP) is 4.21. The van der Waals surface area contributed by atoms with Gasteiger partial charge in [-0.25, -0.2) is 22.2 Å². The molecule has 0 saturated carbocycles. The monoisotopic (exact) mass is 375 g/mol. The van der Waals surface area contributed by atoms with E-state index in [-0.39, 0.29) is 16.4 Å². The molecule has 134 valence electrons. The number of hydrogen-bond acceptors (Lipinski definition) is 4. The van der Waals surface area contributed by atoms with Crippen molar-refractivity contribution in [2.24, 2.45) is 0 Å². The fourth-order valence-electron chi connectivity index (χ4n) is 2.34. The molecule has 1 heterocycles. The second kappa shape index (κ2) is 7.09. The Balaban J connectivity index is 1.79. The van der Waals surface area contributed by atoms with Gasteiger partial charge in [-0.2, -0.15) is 0 Å². The molecule has 0 aliphatic carbocycles. The largest absolute Gasteiger partial charge is 0.349 e. The van der Waals surface area contributed by atoms with E-state index in [1.807, 2.05) is 0 Å². The summed E-state index contributed by atoms with van der Waals surface area (Å²) in [6.07, 6.45) is 1.28. The van der Waals surface area contributed by atoms with Crippen molar-refractivity contribution >= 4 is 27.2 Å². The number of benzene rings is 2. The minimum Gasteiger partial charge on any atom is -0.349 e. The number of rotatable bonds is 5. The second-order valence-corrected chi connectivity index (χ2v) is 7.18. The zero-order chi connectivity index (χ0) is 18.7. The summed E-state index contributed by atoms with van der Waals surface area (Å²) in [5.41, 5.74) is 0.615. The molecule has 0 bridgehead atoms. The van der Waals surface area contributed by atoms with Gasteiger partial charge in [0.2, 0.25) is 0 Å². The van der Waals surface area contributed by atoms with Crippen LogP contribution in [0.15, 0.2) is 65.7 Å². The fourth-order valence-corrected chi connectivity index (χ4v) is 3.60. The average Bonchev–Trinajstić information content (AvgIpc) is 2.60. The van der Waals surface area contributed by atoms with Crippen molar-refractivity contribution in [2.75, 3.05) is 10.0 Å². The minimum atomic E-state index is -3.78. The molecule has 26 heavy (non-hydrogen) atoms. The Morgan fingerprint density at radius 1 is 0.923 bits per heavy atom. The zero-order valence-electron chi connectivity index (χ0n) is 13.7. The Labute approximate surface area is 149 Å². The number of hydrogen-bond donors (Lipinski definition) is 2. The van der Waals surface area contributed by atoms with E-state index in [0.29, 0.717) is 11.3 Å². The van der Waals surface area contributed by atoms with E-state index in [1.165, 1.54) is 30.5 Å². The highest BCUT2D eigenvalue weighted by Gasteiger charge is 2.17. The lowest BCUT2D eigenvalue weighted by Crippen LogP contribution is -2.15. The van der Waals surface area contributed by atoms with Gasteiger partial charge in [0, 0.05) is 0 Å². The molecule has 1 aromatic heterocycles. The lowest BCUT2D eigenvalue weighted by molar-refractivity contribution is 0.590. The molecule has 3 rings (SSSR count). The SMILES string of the molecule is Cc1ccccc1S(=O)(=O)Nc1ccc(Nc2c(F)cccc2F)cn1. The van der Waals surface area contributed by atoms with Crippen LogP contribution in [0.2, 0.25) is 0 Å². The molecule has 2 aromatic carbocycles. The quantitative estimate of drug-likeness (QED) is 0.701. The first kappa shape index (κ1) is 17.8. The van der Waals surface area contributed by atoms with Crippen LogP contribution < -0.4 is 10.0 Å². The maximum Gasteiger partial charge on any atom is 0.263 e. The van der Waals surface area contributed by atoms with Gasteiger partial charge in [-0.3, -0.25) is 4.72 Å². The summed E-state index contributed by atoms with van der Waals surface area (Å²) in [5.74, 6) is -1.39. The molecule has 0 unspecified atom stereocenters. The van der Waals surface area contributed by atoms with Crippen molar-refractivity contribution in [2.45, 2.75) is 11.8 Å². The Bertz CT molecular complexity index is 1020. The summed E-state index contributed by atoms with van der Waals surface area (Å²) in [5, 5.41) is 2.58. The smallest absolute Gasteiger partial charge is 0.263 e. The third-order valence-electron chi connectivity index (χ3n) is 3.62. The van der Waals surface area contributed by atoms with E-state index in [4.69, 9.17) is 0 Å². The number of para-hydroxylation sites is 1. The molecule has 0 radical (unpaired) electrons. The highest BCUT2D eigenvalue weighted by molar-refractivity contribution is 7.92. The van der Waals surface area contributed by atoms with Crippen LogP contribution in [0.4, 0.5) is 26.0 Å². The molecule has 0 atom stereocenters. The second-order valence-electron chi connectivity index (χ2n) is 5.52. The highest BCUT2D eigenvalue weighted by atomic mass is 32.2. The maximum absolute atomic E-state index is 13.6. The zero-order valence-corrected chi connectivity index (χ0v) is 14.5. The van der Waals surface area contributed by atoms with Gasteiger partial charge >= 0.3 is 0 Å². The molecule has 0 aliphatic heterocycles. The van der Waals surface area contributed by atoms with Gasteiger partial charge in [-0.15, -0.1) is 0 Å². The topological polar surface area (TPSA) is 71.1 Å².